The summed E-state index contributed by atoms with van der Waals surface area (Å²) in [6.45, 7) is 4.72. The number of piperazine rings is 1. The van der Waals surface area contributed by atoms with Gasteiger partial charge < -0.3 is 9.80 Å². The summed E-state index contributed by atoms with van der Waals surface area (Å²) in [5.74, 6) is -0.172. The summed E-state index contributed by atoms with van der Waals surface area (Å²) in [7, 11) is 0. The summed E-state index contributed by atoms with van der Waals surface area (Å²) in [6, 6.07) is 26.3. The van der Waals surface area contributed by atoms with E-state index < -0.39 is 0 Å². The number of benzene rings is 3. The molecule has 3 aromatic carbocycles. The van der Waals surface area contributed by atoms with Crippen molar-refractivity contribution in [1.29, 1.82) is 0 Å². The second-order valence-corrected chi connectivity index (χ2v) is 9.54. The quantitative estimate of drug-likeness (QED) is 0.607. The lowest BCUT2D eigenvalue weighted by atomic mass is 9.75. The van der Waals surface area contributed by atoms with E-state index in [-0.39, 0.29) is 23.8 Å². The van der Waals surface area contributed by atoms with Crippen LogP contribution in [0.2, 0.25) is 0 Å². The van der Waals surface area contributed by atoms with Gasteiger partial charge in [0.25, 0.3) is 5.91 Å². The maximum atomic E-state index is 14.1. The smallest absolute Gasteiger partial charge is 0.254 e. The van der Waals surface area contributed by atoms with Crippen LogP contribution < -0.4 is 0 Å². The van der Waals surface area contributed by atoms with Crippen molar-refractivity contribution in [2.24, 2.45) is 0 Å². The maximum absolute atomic E-state index is 14.1. The number of fused-ring (bicyclic) bond motifs is 4. The van der Waals surface area contributed by atoms with Crippen LogP contribution in [0.3, 0.4) is 0 Å². The van der Waals surface area contributed by atoms with E-state index in [2.05, 4.69) is 47.4 Å². The molecule has 0 radical (unpaired) electrons. The molecule has 1 fully saturated rings. The first-order valence-electron chi connectivity index (χ1n) is 12.2. The molecule has 1 saturated heterocycles. The second-order valence-electron chi connectivity index (χ2n) is 9.54. The lowest BCUT2D eigenvalue weighted by molar-refractivity contribution is -0.136. The minimum Gasteiger partial charge on any atom is -0.340 e. The van der Waals surface area contributed by atoms with E-state index in [1.807, 2.05) is 46.2 Å². The molecule has 0 saturated carbocycles. The first-order chi connectivity index (χ1) is 16.7. The lowest BCUT2D eigenvalue weighted by Crippen LogP contribution is -2.54. The normalized spacial score (nSPS) is 22.1. The monoisotopic (exact) mass is 451 g/mol. The molecule has 3 aliphatic rings. The molecule has 0 bridgehead atoms. The highest BCUT2D eigenvalue weighted by atomic mass is 16.2. The number of carbonyl (C=O) groups is 2. The van der Waals surface area contributed by atoms with Gasteiger partial charge in [0.2, 0.25) is 5.91 Å². The van der Waals surface area contributed by atoms with Crippen LogP contribution >= 0.6 is 0 Å². The van der Waals surface area contributed by atoms with Gasteiger partial charge in [-0.2, -0.15) is 0 Å². The Balaban J connectivity index is 1.29. The summed E-state index contributed by atoms with van der Waals surface area (Å²) < 4.78 is 0. The molecule has 6 rings (SSSR count). The van der Waals surface area contributed by atoms with Gasteiger partial charge in [0, 0.05) is 44.8 Å². The van der Waals surface area contributed by atoms with Gasteiger partial charge in [-0.05, 0) is 34.7 Å². The van der Waals surface area contributed by atoms with E-state index in [0.29, 0.717) is 25.2 Å². The molecule has 3 aliphatic heterocycles. The van der Waals surface area contributed by atoms with Crippen molar-refractivity contribution in [2.75, 3.05) is 32.7 Å². The van der Waals surface area contributed by atoms with Crippen LogP contribution in [0.25, 0.3) is 0 Å². The van der Waals surface area contributed by atoms with E-state index >= 15 is 0 Å². The Morgan fingerprint density at radius 2 is 1.44 bits per heavy atom. The topological polar surface area (TPSA) is 43.9 Å². The van der Waals surface area contributed by atoms with Crippen LogP contribution in [0, 0.1) is 0 Å². The van der Waals surface area contributed by atoms with E-state index in [0.717, 1.165) is 37.2 Å². The van der Waals surface area contributed by atoms with Crippen LogP contribution in [-0.2, 0) is 17.8 Å². The molecule has 0 N–H and O–H groups in total. The second kappa shape index (κ2) is 8.73. The first-order valence-corrected chi connectivity index (χ1v) is 12.2. The molecule has 0 aliphatic carbocycles. The van der Waals surface area contributed by atoms with Crippen molar-refractivity contribution in [1.82, 2.24) is 14.7 Å². The third kappa shape index (κ3) is 3.61. The molecule has 2 atom stereocenters. The maximum Gasteiger partial charge on any atom is 0.254 e. The Labute approximate surface area is 200 Å². The van der Waals surface area contributed by atoms with Gasteiger partial charge in [-0.15, -0.1) is 0 Å². The summed E-state index contributed by atoms with van der Waals surface area (Å²) >= 11 is 0. The Morgan fingerprint density at radius 3 is 2.24 bits per heavy atom. The van der Waals surface area contributed by atoms with Gasteiger partial charge in [-0.1, -0.05) is 72.8 Å². The average molecular weight is 452 g/mol. The van der Waals surface area contributed by atoms with Crippen LogP contribution in [0.5, 0.6) is 0 Å². The van der Waals surface area contributed by atoms with Gasteiger partial charge in [0.1, 0.15) is 0 Å². The Morgan fingerprint density at radius 1 is 0.765 bits per heavy atom. The molecule has 5 nitrogen and oxygen atoms in total. The summed E-state index contributed by atoms with van der Waals surface area (Å²) in [4.78, 5) is 33.9. The highest BCUT2D eigenvalue weighted by molar-refractivity contribution is 6.01. The van der Waals surface area contributed by atoms with E-state index in [9.17, 15) is 9.59 Å². The van der Waals surface area contributed by atoms with Crippen molar-refractivity contribution in [2.45, 2.75) is 24.9 Å². The fraction of sp³-hybridized carbons (Fsp3) is 0.310. The number of nitrogens with zero attached hydrogens (tertiary/aromatic N) is 3. The molecule has 5 heteroatoms. The van der Waals surface area contributed by atoms with Gasteiger partial charge in [0.05, 0.1) is 12.0 Å². The first kappa shape index (κ1) is 21.1. The predicted molar refractivity (Wildman–Crippen MR) is 131 cm³/mol. The largest absolute Gasteiger partial charge is 0.340 e. The van der Waals surface area contributed by atoms with Crippen molar-refractivity contribution >= 4 is 11.8 Å². The van der Waals surface area contributed by atoms with Gasteiger partial charge in [-0.3, -0.25) is 14.5 Å². The van der Waals surface area contributed by atoms with Gasteiger partial charge in [0.15, 0.2) is 0 Å². The Hall–Kier alpha value is -3.44. The highest BCUT2D eigenvalue weighted by Crippen LogP contribution is 2.46. The highest BCUT2D eigenvalue weighted by Gasteiger charge is 2.47. The zero-order valence-corrected chi connectivity index (χ0v) is 19.3. The standard InChI is InChI=1S/C29H29N3O2/c33-28-25-13-7-6-12-24(25)26(27-23-11-5-4-10-22(23)14-15-32(27)28)29(34)31-18-16-30(17-19-31)20-21-8-2-1-3-9-21/h1-13,26-27H,14-20H2/t26-,27+/m0/s1. The SMILES string of the molecule is O=C([C@H]1c2ccccc2C(=O)N2CCc3ccccc3[C@H]12)N1CCN(Cc2ccccc2)CC1. The van der Waals surface area contributed by atoms with Crippen LogP contribution in [0.15, 0.2) is 78.9 Å². The molecule has 3 aromatic rings. The molecular weight excluding hydrogens is 422 g/mol. The van der Waals surface area contributed by atoms with Crippen molar-refractivity contribution in [3.63, 3.8) is 0 Å². The molecular formula is C29H29N3O2. The predicted octanol–water partition coefficient (Wildman–Crippen LogP) is 3.87. The van der Waals surface area contributed by atoms with Crippen LogP contribution in [0.1, 0.15) is 44.6 Å². The van der Waals surface area contributed by atoms with Crippen LogP contribution in [-0.4, -0.2) is 59.2 Å². The fourth-order valence-electron chi connectivity index (χ4n) is 5.91. The third-order valence-corrected chi connectivity index (χ3v) is 7.63. The number of carbonyl (C=O) groups excluding carboxylic acids is 2. The minimum atomic E-state index is -0.365. The van der Waals surface area contributed by atoms with E-state index in [1.165, 1.54) is 11.1 Å². The average Bonchev–Trinajstić information content (AvgIpc) is 2.89. The molecule has 3 heterocycles. The third-order valence-electron chi connectivity index (χ3n) is 7.63. The van der Waals surface area contributed by atoms with Crippen molar-refractivity contribution in [3.05, 3.63) is 107 Å². The fourth-order valence-corrected chi connectivity index (χ4v) is 5.91. The molecule has 0 unspecified atom stereocenters. The Kier molecular flexibility index (Phi) is 5.42. The van der Waals surface area contributed by atoms with E-state index in [4.69, 9.17) is 0 Å². The van der Waals surface area contributed by atoms with Gasteiger partial charge in [-0.25, -0.2) is 0 Å². The summed E-state index contributed by atoms with van der Waals surface area (Å²) in [5, 5.41) is 0. The zero-order valence-electron chi connectivity index (χ0n) is 19.3. The number of rotatable bonds is 3. The van der Waals surface area contributed by atoms with Gasteiger partial charge >= 0.3 is 0 Å². The minimum absolute atomic E-state index is 0.0480. The summed E-state index contributed by atoms with van der Waals surface area (Å²) in [6.07, 6.45) is 0.833. The zero-order chi connectivity index (χ0) is 23.1. The Bertz CT molecular complexity index is 1220. The van der Waals surface area contributed by atoms with E-state index in [1.54, 1.807) is 0 Å². The number of amides is 2. The lowest BCUT2D eigenvalue weighted by Gasteiger charge is -2.47. The number of hydrogen-bond donors (Lipinski definition) is 0. The molecule has 2 amide bonds. The van der Waals surface area contributed by atoms with Crippen molar-refractivity contribution in [3.8, 4) is 0 Å². The number of hydrogen-bond acceptors (Lipinski definition) is 3. The molecule has 172 valence electrons. The molecule has 0 spiro atoms. The molecule has 34 heavy (non-hydrogen) atoms. The van der Waals surface area contributed by atoms with Crippen molar-refractivity contribution < 1.29 is 9.59 Å². The molecule has 0 aromatic heterocycles. The van der Waals surface area contributed by atoms with Crippen LogP contribution in [0.4, 0.5) is 0 Å². The summed E-state index contributed by atoms with van der Waals surface area (Å²) in [5.41, 5.74) is 5.23.